The summed E-state index contributed by atoms with van der Waals surface area (Å²) in [6, 6.07) is 9.57. The minimum absolute atomic E-state index is 0.0874. The number of hydrogen-bond donors (Lipinski definition) is 1. The largest absolute Gasteiger partial charge is 0.493 e. The van der Waals surface area contributed by atoms with E-state index in [2.05, 4.69) is 5.32 Å². The van der Waals surface area contributed by atoms with E-state index in [-0.39, 0.29) is 17.8 Å². The van der Waals surface area contributed by atoms with Crippen LogP contribution >= 0.6 is 0 Å². The minimum atomic E-state index is -0.297. The highest BCUT2D eigenvalue weighted by molar-refractivity contribution is 5.76. The van der Waals surface area contributed by atoms with E-state index in [4.69, 9.17) is 14.2 Å². The zero-order valence-corrected chi connectivity index (χ0v) is 15.5. The van der Waals surface area contributed by atoms with Crippen LogP contribution in [0.4, 0.5) is 4.39 Å². The molecule has 0 heterocycles. The standard InChI is InChI=1S/C20H24FNO4/c1-13(15-6-8-16(21)9-7-15)22-19(23)10-5-14-11-17(24-2)20(26-4)18(12-14)25-3/h6-9,11-13H,5,10H2,1-4H3,(H,22,23). The normalized spacial score (nSPS) is 11.6. The zero-order valence-electron chi connectivity index (χ0n) is 15.5. The summed E-state index contributed by atoms with van der Waals surface area (Å²) in [5.41, 5.74) is 1.76. The van der Waals surface area contributed by atoms with Crippen molar-refractivity contribution < 1.29 is 23.4 Å². The van der Waals surface area contributed by atoms with Gasteiger partial charge in [0.1, 0.15) is 5.82 Å². The lowest BCUT2D eigenvalue weighted by Gasteiger charge is -2.16. The van der Waals surface area contributed by atoms with E-state index in [9.17, 15) is 9.18 Å². The molecule has 0 saturated heterocycles. The summed E-state index contributed by atoms with van der Waals surface area (Å²) in [5, 5.41) is 2.92. The summed E-state index contributed by atoms with van der Waals surface area (Å²) in [6.07, 6.45) is 0.836. The van der Waals surface area contributed by atoms with Crippen molar-refractivity contribution >= 4 is 5.91 Å². The predicted molar refractivity (Wildman–Crippen MR) is 97.4 cm³/mol. The smallest absolute Gasteiger partial charge is 0.220 e. The second kappa shape index (κ2) is 9.08. The molecule has 0 aliphatic rings. The molecule has 26 heavy (non-hydrogen) atoms. The summed E-state index contributed by atoms with van der Waals surface area (Å²) in [5.74, 6) is 1.25. The average molecular weight is 361 g/mol. The molecule has 1 unspecified atom stereocenters. The van der Waals surface area contributed by atoms with Gasteiger partial charge in [0.15, 0.2) is 11.5 Å². The maximum absolute atomic E-state index is 13.0. The SMILES string of the molecule is COc1cc(CCC(=O)NC(C)c2ccc(F)cc2)cc(OC)c1OC. The summed E-state index contributed by atoms with van der Waals surface area (Å²) in [6.45, 7) is 1.87. The first-order chi connectivity index (χ1) is 12.5. The van der Waals surface area contributed by atoms with Crippen LogP contribution < -0.4 is 19.5 Å². The Hall–Kier alpha value is -2.76. The summed E-state index contributed by atoms with van der Waals surface area (Å²) in [4.78, 5) is 12.2. The fraction of sp³-hybridized carbons (Fsp3) is 0.350. The van der Waals surface area contributed by atoms with Gasteiger partial charge in [0.25, 0.3) is 0 Å². The highest BCUT2D eigenvalue weighted by atomic mass is 19.1. The first kappa shape index (κ1) is 19.6. The maximum atomic E-state index is 13.0. The van der Waals surface area contributed by atoms with Gasteiger partial charge in [0, 0.05) is 6.42 Å². The van der Waals surface area contributed by atoms with Crippen LogP contribution in [-0.4, -0.2) is 27.2 Å². The van der Waals surface area contributed by atoms with Crippen molar-refractivity contribution in [2.45, 2.75) is 25.8 Å². The number of carbonyl (C=O) groups excluding carboxylic acids is 1. The van der Waals surface area contributed by atoms with E-state index in [1.165, 1.54) is 12.1 Å². The molecule has 0 aliphatic carbocycles. The number of methoxy groups -OCH3 is 3. The first-order valence-electron chi connectivity index (χ1n) is 8.32. The molecular weight excluding hydrogens is 337 g/mol. The van der Waals surface area contributed by atoms with Gasteiger partial charge in [-0.1, -0.05) is 12.1 Å². The Morgan fingerprint density at radius 2 is 1.62 bits per heavy atom. The third-order valence-corrected chi connectivity index (χ3v) is 4.11. The number of rotatable bonds is 8. The summed E-state index contributed by atoms with van der Waals surface area (Å²) < 4.78 is 28.9. The van der Waals surface area contributed by atoms with E-state index < -0.39 is 0 Å². The van der Waals surface area contributed by atoms with Gasteiger partial charge in [-0.2, -0.15) is 0 Å². The third kappa shape index (κ3) is 4.88. The fourth-order valence-electron chi connectivity index (χ4n) is 2.69. The molecule has 1 N–H and O–H groups in total. The Labute approximate surface area is 153 Å². The van der Waals surface area contributed by atoms with E-state index in [0.29, 0.717) is 30.1 Å². The van der Waals surface area contributed by atoms with Gasteiger partial charge < -0.3 is 19.5 Å². The molecule has 0 radical (unpaired) electrons. The first-order valence-corrected chi connectivity index (χ1v) is 8.32. The van der Waals surface area contributed by atoms with Gasteiger partial charge in [0.05, 0.1) is 27.4 Å². The van der Waals surface area contributed by atoms with Gasteiger partial charge in [-0.15, -0.1) is 0 Å². The fourth-order valence-corrected chi connectivity index (χ4v) is 2.69. The second-order valence-corrected chi connectivity index (χ2v) is 5.87. The zero-order chi connectivity index (χ0) is 19.1. The number of benzene rings is 2. The van der Waals surface area contributed by atoms with Crippen LogP contribution in [0.25, 0.3) is 0 Å². The molecule has 140 valence electrons. The summed E-state index contributed by atoms with van der Waals surface area (Å²) in [7, 11) is 4.65. The molecule has 1 atom stereocenters. The molecule has 5 nitrogen and oxygen atoms in total. The maximum Gasteiger partial charge on any atom is 0.220 e. The van der Waals surface area contributed by atoms with E-state index >= 15 is 0 Å². The number of carbonyl (C=O) groups is 1. The second-order valence-electron chi connectivity index (χ2n) is 5.87. The molecule has 2 rings (SSSR count). The Kier molecular flexibility index (Phi) is 6.83. The van der Waals surface area contributed by atoms with Crippen molar-refractivity contribution in [3.63, 3.8) is 0 Å². The Balaban J connectivity index is 1.99. The van der Waals surface area contributed by atoms with Crippen LogP contribution in [0, 0.1) is 5.82 Å². The molecule has 1 amide bonds. The number of ether oxygens (including phenoxy) is 3. The van der Waals surface area contributed by atoms with Crippen LogP contribution in [0.1, 0.15) is 30.5 Å². The Bertz CT molecular complexity index is 721. The minimum Gasteiger partial charge on any atom is -0.493 e. The average Bonchev–Trinajstić information content (AvgIpc) is 2.65. The van der Waals surface area contributed by atoms with Crippen LogP contribution in [-0.2, 0) is 11.2 Å². The van der Waals surface area contributed by atoms with Crippen molar-refractivity contribution in [2.24, 2.45) is 0 Å². The number of amides is 1. The van der Waals surface area contributed by atoms with Gasteiger partial charge in [0.2, 0.25) is 11.7 Å². The molecule has 0 saturated carbocycles. The van der Waals surface area contributed by atoms with E-state index in [1.807, 2.05) is 19.1 Å². The monoisotopic (exact) mass is 361 g/mol. The molecule has 0 aromatic heterocycles. The summed E-state index contributed by atoms with van der Waals surface area (Å²) >= 11 is 0. The third-order valence-electron chi connectivity index (χ3n) is 4.11. The van der Waals surface area contributed by atoms with E-state index in [0.717, 1.165) is 11.1 Å². The van der Waals surface area contributed by atoms with Gasteiger partial charge in [-0.3, -0.25) is 4.79 Å². The van der Waals surface area contributed by atoms with Gasteiger partial charge >= 0.3 is 0 Å². The lowest BCUT2D eigenvalue weighted by Crippen LogP contribution is -2.26. The molecular formula is C20H24FNO4. The molecule has 2 aromatic rings. The molecule has 0 aliphatic heterocycles. The van der Waals surface area contributed by atoms with Crippen molar-refractivity contribution in [3.05, 3.63) is 53.3 Å². The molecule has 0 spiro atoms. The number of nitrogens with one attached hydrogen (secondary N) is 1. The molecule has 0 fully saturated rings. The van der Waals surface area contributed by atoms with Crippen molar-refractivity contribution in [1.29, 1.82) is 0 Å². The van der Waals surface area contributed by atoms with Crippen LogP contribution in [0.2, 0.25) is 0 Å². The Morgan fingerprint density at radius 1 is 1.04 bits per heavy atom. The molecule has 2 aromatic carbocycles. The number of aryl methyl sites for hydroxylation is 1. The Morgan fingerprint density at radius 3 is 2.12 bits per heavy atom. The quantitative estimate of drug-likeness (QED) is 0.780. The van der Waals surface area contributed by atoms with Crippen LogP contribution in [0.5, 0.6) is 17.2 Å². The van der Waals surface area contributed by atoms with E-state index in [1.54, 1.807) is 33.5 Å². The van der Waals surface area contributed by atoms with Gasteiger partial charge in [-0.05, 0) is 48.7 Å². The molecule has 6 heteroatoms. The highest BCUT2D eigenvalue weighted by Gasteiger charge is 2.15. The van der Waals surface area contributed by atoms with Crippen molar-refractivity contribution in [3.8, 4) is 17.2 Å². The lowest BCUT2D eigenvalue weighted by molar-refractivity contribution is -0.121. The number of hydrogen-bond acceptors (Lipinski definition) is 4. The predicted octanol–water partition coefficient (Wildman–Crippen LogP) is 3.66. The van der Waals surface area contributed by atoms with Crippen molar-refractivity contribution in [1.82, 2.24) is 5.32 Å². The topological polar surface area (TPSA) is 56.8 Å². The van der Waals surface area contributed by atoms with Crippen LogP contribution in [0.3, 0.4) is 0 Å². The van der Waals surface area contributed by atoms with Crippen LogP contribution in [0.15, 0.2) is 36.4 Å². The number of halogens is 1. The van der Waals surface area contributed by atoms with Crippen molar-refractivity contribution in [2.75, 3.05) is 21.3 Å². The van der Waals surface area contributed by atoms with Gasteiger partial charge in [-0.25, -0.2) is 4.39 Å². The molecule has 0 bridgehead atoms. The lowest BCUT2D eigenvalue weighted by atomic mass is 10.1. The highest BCUT2D eigenvalue weighted by Crippen LogP contribution is 2.38.